The zero-order chi connectivity index (χ0) is 17.1. The van der Waals surface area contributed by atoms with Gasteiger partial charge in [0.2, 0.25) is 0 Å². The molecule has 3 nitrogen and oxygen atoms in total. The van der Waals surface area contributed by atoms with Gasteiger partial charge in [-0.2, -0.15) is 0 Å². The van der Waals surface area contributed by atoms with Crippen LogP contribution in [0.1, 0.15) is 6.92 Å². The number of hydrogen-bond donors (Lipinski definition) is 1. The maximum absolute atomic E-state index is 12.3. The molecule has 0 aromatic heterocycles. The molecule has 24 heavy (non-hydrogen) atoms. The van der Waals surface area contributed by atoms with Gasteiger partial charge in [-0.05, 0) is 48.0 Å². The number of fused-ring (bicyclic) bond motifs is 1. The average Bonchev–Trinajstić information content (AvgIpc) is 2.58. The Morgan fingerprint density at radius 2 is 1.71 bits per heavy atom. The van der Waals surface area contributed by atoms with Gasteiger partial charge in [-0.3, -0.25) is 4.79 Å². The molecule has 0 saturated carbocycles. The summed E-state index contributed by atoms with van der Waals surface area (Å²) in [7, 11) is 0. The van der Waals surface area contributed by atoms with Crippen molar-refractivity contribution in [3.05, 3.63) is 70.7 Å². The SMILES string of the molecule is CC(Oc1ccc2ccccc2c1)C(=O)Nc1ccc(Cl)c(Cl)c1. The fourth-order valence-electron chi connectivity index (χ4n) is 2.32. The number of carbonyl (C=O) groups is 1. The van der Waals surface area contributed by atoms with Gasteiger partial charge in [-0.25, -0.2) is 0 Å². The van der Waals surface area contributed by atoms with Crippen LogP contribution >= 0.6 is 23.2 Å². The molecule has 1 unspecified atom stereocenters. The minimum Gasteiger partial charge on any atom is -0.481 e. The van der Waals surface area contributed by atoms with Gasteiger partial charge in [0.05, 0.1) is 10.0 Å². The molecule has 0 fully saturated rings. The zero-order valence-corrected chi connectivity index (χ0v) is 14.4. The summed E-state index contributed by atoms with van der Waals surface area (Å²) in [6.45, 7) is 1.70. The smallest absolute Gasteiger partial charge is 0.265 e. The third-order valence-corrected chi connectivity index (χ3v) is 4.33. The maximum Gasteiger partial charge on any atom is 0.265 e. The fourth-order valence-corrected chi connectivity index (χ4v) is 2.61. The van der Waals surface area contributed by atoms with E-state index in [4.69, 9.17) is 27.9 Å². The van der Waals surface area contributed by atoms with Gasteiger partial charge in [0.15, 0.2) is 6.10 Å². The summed E-state index contributed by atoms with van der Waals surface area (Å²) in [6.07, 6.45) is -0.652. The second-order valence-corrected chi connectivity index (χ2v) is 6.20. The van der Waals surface area contributed by atoms with Gasteiger partial charge in [0.25, 0.3) is 5.91 Å². The van der Waals surface area contributed by atoms with Gasteiger partial charge >= 0.3 is 0 Å². The van der Waals surface area contributed by atoms with E-state index >= 15 is 0 Å². The van der Waals surface area contributed by atoms with Crippen molar-refractivity contribution in [2.45, 2.75) is 13.0 Å². The zero-order valence-electron chi connectivity index (χ0n) is 12.9. The number of anilines is 1. The summed E-state index contributed by atoms with van der Waals surface area (Å²) in [5.74, 6) is 0.382. The van der Waals surface area contributed by atoms with Crippen LogP contribution in [0, 0.1) is 0 Å². The van der Waals surface area contributed by atoms with Crippen molar-refractivity contribution in [1.82, 2.24) is 0 Å². The first kappa shape index (κ1) is 16.6. The molecule has 3 rings (SSSR count). The van der Waals surface area contributed by atoms with Crippen molar-refractivity contribution < 1.29 is 9.53 Å². The summed E-state index contributed by atoms with van der Waals surface area (Å²) in [6, 6.07) is 18.6. The van der Waals surface area contributed by atoms with E-state index in [0.717, 1.165) is 10.8 Å². The first-order chi connectivity index (χ1) is 11.5. The predicted octanol–water partition coefficient (Wildman–Crippen LogP) is 5.55. The van der Waals surface area contributed by atoms with Crippen molar-refractivity contribution in [1.29, 1.82) is 0 Å². The molecular formula is C19H15Cl2NO2. The number of carbonyl (C=O) groups excluding carboxylic acids is 1. The quantitative estimate of drug-likeness (QED) is 0.662. The summed E-state index contributed by atoms with van der Waals surface area (Å²) in [4.78, 5) is 12.3. The largest absolute Gasteiger partial charge is 0.481 e. The first-order valence-electron chi connectivity index (χ1n) is 7.44. The van der Waals surface area contributed by atoms with Crippen LogP contribution in [0.4, 0.5) is 5.69 Å². The molecule has 3 aromatic rings. The van der Waals surface area contributed by atoms with Crippen LogP contribution < -0.4 is 10.1 Å². The van der Waals surface area contributed by atoms with E-state index in [2.05, 4.69) is 5.32 Å². The van der Waals surface area contributed by atoms with Crippen LogP contribution in [0.3, 0.4) is 0 Å². The summed E-state index contributed by atoms with van der Waals surface area (Å²) >= 11 is 11.8. The first-order valence-corrected chi connectivity index (χ1v) is 8.20. The lowest BCUT2D eigenvalue weighted by molar-refractivity contribution is -0.122. The molecule has 0 bridgehead atoms. The topological polar surface area (TPSA) is 38.3 Å². The van der Waals surface area contributed by atoms with Gasteiger partial charge in [-0.1, -0.05) is 53.5 Å². The Labute approximate surface area is 150 Å². The molecule has 0 spiro atoms. The van der Waals surface area contributed by atoms with Crippen molar-refractivity contribution >= 4 is 45.6 Å². The van der Waals surface area contributed by atoms with E-state index in [1.165, 1.54) is 0 Å². The van der Waals surface area contributed by atoms with Crippen molar-refractivity contribution in [2.75, 3.05) is 5.32 Å². The number of benzene rings is 3. The highest BCUT2D eigenvalue weighted by Gasteiger charge is 2.15. The molecule has 1 amide bonds. The monoisotopic (exact) mass is 359 g/mol. The third kappa shape index (κ3) is 3.81. The van der Waals surface area contributed by atoms with Crippen LogP contribution in [-0.4, -0.2) is 12.0 Å². The second kappa shape index (κ2) is 7.12. The summed E-state index contributed by atoms with van der Waals surface area (Å²) in [5, 5.41) is 5.77. The normalized spacial score (nSPS) is 12.0. The second-order valence-electron chi connectivity index (χ2n) is 5.39. The lowest BCUT2D eigenvalue weighted by Gasteiger charge is -2.15. The highest BCUT2D eigenvalue weighted by molar-refractivity contribution is 6.42. The number of amides is 1. The number of hydrogen-bond acceptors (Lipinski definition) is 2. The minimum absolute atomic E-state index is 0.262. The molecule has 1 N–H and O–H groups in total. The molecule has 0 aliphatic carbocycles. The van der Waals surface area contributed by atoms with Gasteiger partial charge < -0.3 is 10.1 Å². The fraction of sp³-hybridized carbons (Fsp3) is 0.105. The van der Waals surface area contributed by atoms with E-state index in [0.29, 0.717) is 21.5 Å². The number of halogens is 2. The van der Waals surface area contributed by atoms with Crippen LogP contribution in [-0.2, 0) is 4.79 Å². The number of ether oxygens (including phenoxy) is 1. The molecule has 0 aliphatic heterocycles. The van der Waals surface area contributed by atoms with Crippen molar-refractivity contribution in [2.24, 2.45) is 0 Å². The Kier molecular flexibility index (Phi) is 4.93. The van der Waals surface area contributed by atoms with E-state index in [1.807, 2.05) is 42.5 Å². The van der Waals surface area contributed by atoms with Gasteiger partial charge in [0, 0.05) is 5.69 Å². The van der Waals surface area contributed by atoms with E-state index in [9.17, 15) is 4.79 Å². The van der Waals surface area contributed by atoms with Gasteiger partial charge in [-0.15, -0.1) is 0 Å². The molecule has 0 aliphatic rings. The maximum atomic E-state index is 12.3. The Morgan fingerprint density at radius 3 is 2.46 bits per heavy atom. The van der Waals surface area contributed by atoms with E-state index in [1.54, 1.807) is 25.1 Å². The number of rotatable bonds is 4. The Morgan fingerprint density at radius 1 is 0.958 bits per heavy atom. The third-order valence-electron chi connectivity index (χ3n) is 3.59. The lowest BCUT2D eigenvalue weighted by atomic mass is 10.1. The minimum atomic E-state index is -0.652. The Bertz CT molecular complexity index is 895. The van der Waals surface area contributed by atoms with Crippen LogP contribution in [0.5, 0.6) is 5.75 Å². The van der Waals surface area contributed by atoms with E-state index in [-0.39, 0.29) is 5.91 Å². The number of nitrogens with one attached hydrogen (secondary N) is 1. The lowest BCUT2D eigenvalue weighted by Crippen LogP contribution is -2.30. The summed E-state index contributed by atoms with van der Waals surface area (Å²) in [5.41, 5.74) is 0.573. The average molecular weight is 360 g/mol. The Hall–Kier alpha value is -2.23. The van der Waals surface area contributed by atoms with E-state index < -0.39 is 6.10 Å². The molecule has 0 radical (unpaired) electrons. The van der Waals surface area contributed by atoms with Crippen LogP contribution in [0.25, 0.3) is 10.8 Å². The van der Waals surface area contributed by atoms with Gasteiger partial charge in [0.1, 0.15) is 5.75 Å². The highest BCUT2D eigenvalue weighted by Crippen LogP contribution is 2.25. The van der Waals surface area contributed by atoms with Crippen LogP contribution in [0.2, 0.25) is 10.0 Å². The standard InChI is InChI=1S/C19H15Cl2NO2/c1-12(19(23)22-15-7-9-17(20)18(21)11-15)24-16-8-6-13-4-2-3-5-14(13)10-16/h2-12H,1H3,(H,22,23). The molecule has 122 valence electrons. The van der Waals surface area contributed by atoms with Crippen molar-refractivity contribution in [3.63, 3.8) is 0 Å². The van der Waals surface area contributed by atoms with Crippen molar-refractivity contribution in [3.8, 4) is 5.75 Å². The summed E-state index contributed by atoms with van der Waals surface area (Å²) < 4.78 is 5.74. The predicted molar refractivity (Wildman–Crippen MR) is 99.1 cm³/mol. The molecule has 5 heteroatoms. The molecule has 1 atom stereocenters. The highest BCUT2D eigenvalue weighted by atomic mass is 35.5. The molecule has 0 saturated heterocycles. The van der Waals surface area contributed by atoms with Crippen LogP contribution in [0.15, 0.2) is 60.7 Å². The molecule has 0 heterocycles. The molecule has 3 aromatic carbocycles. The Balaban J connectivity index is 1.69. The molecular weight excluding hydrogens is 345 g/mol.